The second kappa shape index (κ2) is 4.02. The second-order valence-corrected chi connectivity index (χ2v) is 4.05. The number of amides is 1. The maximum Gasteiger partial charge on any atom is 0.227 e. The highest BCUT2D eigenvalue weighted by Crippen LogP contribution is 2.26. The Labute approximate surface area is 84.8 Å². The molecule has 2 fully saturated rings. The van der Waals surface area contributed by atoms with Gasteiger partial charge in [0, 0.05) is 25.6 Å². The lowest BCUT2D eigenvalue weighted by Gasteiger charge is -2.23. The first kappa shape index (κ1) is 9.54. The summed E-state index contributed by atoms with van der Waals surface area (Å²) in [6.07, 6.45) is 8.03. The van der Waals surface area contributed by atoms with Crippen molar-refractivity contribution in [1.82, 2.24) is 10.2 Å². The molecule has 2 saturated heterocycles. The summed E-state index contributed by atoms with van der Waals surface area (Å²) in [5.74, 6) is 3.11. The van der Waals surface area contributed by atoms with Crippen LogP contribution in [0.3, 0.4) is 0 Å². The van der Waals surface area contributed by atoms with Gasteiger partial charge in [0.2, 0.25) is 5.91 Å². The average molecular weight is 192 g/mol. The first-order chi connectivity index (χ1) is 6.83. The minimum Gasteiger partial charge on any atom is -0.340 e. The third-order valence-electron chi connectivity index (χ3n) is 3.16. The molecule has 0 aromatic rings. The van der Waals surface area contributed by atoms with Crippen molar-refractivity contribution in [2.45, 2.75) is 25.3 Å². The molecule has 1 N–H and O–H groups in total. The molecular weight excluding hydrogens is 176 g/mol. The third-order valence-corrected chi connectivity index (χ3v) is 3.16. The number of rotatable bonds is 2. The average Bonchev–Trinajstić information content (AvgIpc) is 2.54. The summed E-state index contributed by atoms with van der Waals surface area (Å²) in [7, 11) is 0. The van der Waals surface area contributed by atoms with Crippen molar-refractivity contribution in [3.8, 4) is 12.3 Å². The first-order valence-electron chi connectivity index (χ1n) is 5.28. The van der Waals surface area contributed by atoms with Crippen LogP contribution in [0.15, 0.2) is 0 Å². The standard InChI is InChI=1S/C11H16N2O/c1-2-3-7-13-8-10-9(11(13)14)5-4-6-12-10/h1,9-10,12H,3-8H2. The van der Waals surface area contributed by atoms with Crippen LogP contribution in [0.25, 0.3) is 0 Å². The van der Waals surface area contributed by atoms with E-state index < -0.39 is 0 Å². The van der Waals surface area contributed by atoms with Crippen LogP contribution < -0.4 is 5.32 Å². The minimum atomic E-state index is 0.224. The molecule has 0 spiro atoms. The van der Waals surface area contributed by atoms with Gasteiger partial charge in [-0.1, -0.05) is 0 Å². The SMILES string of the molecule is C#CCCN1CC2NCCCC2C1=O. The molecule has 0 saturated carbocycles. The third kappa shape index (κ3) is 1.62. The number of likely N-dealkylation sites (tertiary alicyclic amines) is 1. The van der Waals surface area contributed by atoms with Gasteiger partial charge in [0.15, 0.2) is 0 Å². The summed E-state index contributed by atoms with van der Waals surface area (Å²) < 4.78 is 0. The van der Waals surface area contributed by atoms with E-state index in [1.807, 2.05) is 4.90 Å². The van der Waals surface area contributed by atoms with Gasteiger partial charge < -0.3 is 10.2 Å². The molecule has 2 rings (SSSR count). The number of nitrogens with zero attached hydrogens (tertiary/aromatic N) is 1. The molecular formula is C11H16N2O. The van der Waals surface area contributed by atoms with Crippen LogP contribution in [0.4, 0.5) is 0 Å². The monoisotopic (exact) mass is 192 g/mol. The topological polar surface area (TPSA) is 32.3 Å². The molecule has 76 valence electrons. The molecule has 1 amide bonds. The largest absolute Gasteiger partial charge is 0.340 e. The molecule has 2 aliphatic heterocycles. The van der Waals surface area contributed by atoms with Crippen molar-refractivity contribution >= 4 is 5.91 Å². The maximum atomic E-state index is 11.9. The van der Waals surface area contributed by atoms with E-state index in [0.717, 1.165) is 32.5 Å². The van der Waals surface area contributed by atoms with Crippen LogP contribution in [0.2, 0.25) is 0 Å². The quantitative estimate of drug-likeness (QED) is 0.635. The van der Waals surface area contributed by atoms with Crippen LogP contribution >= 0.6 is 0 Å². The summed E-state index contributed by atoms with van der Waals surface area (Å²) in [6, 6.07) is 0.383. The van der Waals surface area contributed by atoms with E-state index in [4.69, 9.17) is 6.42 Å². The number of nitrogens with one attached hydrogen (secondary N) is 1. The highest BCUT2D eigenvalue weighted by Gasteiger charge is 2.40. The van der Waals surface area contributed by atoms with Gasteiger partial charge in [0.25, 0.3) is 0 Å². The Morgan fingerprint density at radius 2 is 2.50 bits per heavy atom. The molecule has 3 nitrogen and oxygen atoms in total. The zero-order valence-corrected chi connectivity index (χ0v) is 8.33. The normalized spacial score (nSPS) is 31.4. The fraction of sp³-hybridized carbons (Fsp3) is 0.727. The molecule has 2 atom stereocenters. The van der Waals surface area contributed by atoms with Crippen molar-refractivity contribution < 1.29 is 4.79 Å². The van der Waals surface area contributed by atoms with Gasteiger partial charge in [0.05, 0.1) is 5.92 Å². The number of hydrogen-bond acceptors (Lipinski definition) is 2. The lowest BCUT2D eigenvalue weighted by atomic mass is 9.94. The van der Waals surface area contributed by atoms with Gasteiger partial charge in [-0.25, -0.2) is 0 Å². The molecule has 0 aromatic heterocycles. The number of hydrogen-bond donors (Lipinski definition) is 1. The van der Waals surface area contributed by atoms with Gasteiger partial charge in [-0.15, -0.1) is 12.3 Å². The van der Waals surface area contributed by atoms with Crippen molar-refractivity contribution in [2.24, 2.45) is 5.92 Å². The van der Waals surface area contributed by atoms with E-state index in [0.29, 0.717) is 18.4 Å². The number of piperidine rings is 1. The van der Waals surface area contributed by atoms with Crippen LogP contribution in [0.1, 0.15) is 19.3 Å². The van der Waals surface area contributed by atoms with Crippen molar-refractivity contribution in [3.05, 3.63) is 0 Å². The fourth-order valence-corrected chi connectivity index (χ4v) is 2.40. The molecule has 2 heterocycles. The van der Waals surface area contributed by atoms with Crippen molar-refractivity contribution in [3.63, 3.8) is 0 Å². The Balaban J connectivity index is 1.96. The van der Waals surface area contributed by atoms with Crippen LogP contribution in [-0.4, -0.2) is 36.5 Å². The van der Waals surface area contributed by atoms with Crippen LogP contribution in [0, 0.1) is 18.3 Å². The minimum absolute atomic E-state index is 0.224. The number of carbonyl (C=O) groups is 1. The Hall–Kier alpha value is -1.01. The summed E-state index contributed by atoms with van der Waals surface area (Å²) in [5.41, 5.74) is 0. The number of carbonyl (C=O) groups excluding carboxylic acids is 1. The molecule has 2 aliphatic rings. The number of fused-ring (bicyclic) bond motifs is 1. The van der Waals surface area contributed by atoms with E-state index in [1.54, 1.807) is 0 Å². The number of terminal acetylenes is 1. The maximum absolute atomic E-state index is 11.9. The first-order valence-corrected chi connectivity index (χ1v) is 5.28. The molecule has 0 aromatic carbocycles. The lowest BCUT2D eigenvalue weighted by molar-refractivity contribution is -0.131. The highest BCUT2D eigenvalue weighted by atomic mass is 16.2. The predicted molar refractivity (Wildman–Crippen MR) is 54.5 cm³/mol. The van der Waals surface area contributed by atoms with E-state index >= 15 is 0 Å². The zero-order valence-electron chi connectivity index (χ0n) is 8.33. The Morgan fingerprint density at radius 3 is 3.21 bits per heavy atom. The summed E-state index contributed by atoms with van der Waals surface area (Å²) in [4.78, 5) is 13.8. The highest BCUT2D eigenvalue weighted by molar-refractivity contribution is 5.82. The second-order valence-electron chi connectivity index (χ2n) is 4.05. The van der Waals surface area contributed by atoms with Gasteiger partial charge >= 0.3 is 0 Å². The lowest BCUT2D eigenvalue weighted by Crippen LogP contribution is -2.41. The molecule has 2 unspecified atom stereocenters. The Morgan fingerprint density at radius 1 is 1.64 bits per heavy atom. The summed E-state index contributed by atoms with van der Waals surface area (Å²) in [6.45, 7) is 2.63. The van der Waals surface area contributed by atoms with Gasteiger partial charge in [-0.2, -0.15) is 0 Å². The summed E-state index contributed by atoms with van der Waals surface area (Å²) >= 11 is 0. The van der Waals surface area contributed by atoms with Crippen molar-refractivity contribution in [1.29, 1.82) is 0 Å². The fourth-order valence-electron chi connectivity index (χ4n) is 2.40. The molecule has 0 aliphatic carbocycles. The predicted octanol–water partition coefficient (Wildman–Crippen LogP) is 0.220. The van der Waals surface area contributed by atoms with E-state index in [1.165, 1.54) is 0 Å². The van der Waals surface area contributed by atoms with Crippen LogP contribution in [-0.2, 0) is 4.79 Å². The van der Waals surface area contributed by atoms with E-state index in [9.17, 15) is 4.79 Å². The molecule has 0 bridgehead atoms. The van der Waals surface area contributed by atoms with Gasteiger partial charge in [0.1, 0.15) is 0 Å². The Kier molecular flexibility index (Phi) is 2.74. The molecule has 3 heteroatoms. The smallest absolute Gasteiger partial charge is 0.227 e. The zero-order chi connectivity index (χ0) is 9.97. The van der Waals surface area contributed by atoms with E-state index in [2.05, 4.69) is 11.2 Å². The molecule has 14 heavy (non-hydrogen) atoms. The van der Waals surface area contributed by atoms with Gasteiger partial charge in [-0.05, 0) is 19.4 Å². The van der Waals surface area contributed by atoms with Crippen molar-refractivity contribution in [2.75, 3.05) is 19.6 Å². The van der Waals surface area contributed by atoms with E-state index in [-0.39, 0.29) is 5.92 Å². The van der Waals surface area contributed by atoms with Gasteiger partial charge in [-0.3, -0.25) is 4.79 Å². The summed E-state index contributed by atoms with van der Waals surface area (Å²) in [5, 5.41) is 3.40. The molecule has 0 radical (unpaired) electrons. The Bertz CT molecular complexity index is 269. The van der Waals surface area contributed by atoms with Crippen LogP contribution in [0.5, 0.6) is 0 Å².